The van der Waals surface area contributed by atoms with Gasteiger partial charge in [-0.1, -0.05) is 43.3 Å². The lowest BCUT2D eigenvalue weighted by Gasteiger charge is -2.19. The minimum Gasteiger partial charge on any atom is -0.469 e. The highest BCUT2D eigenvalue weighted by molar-refractivity contribution is 5.89. The Hall–Kier alpha value is -2.06. The van der Waals surface area contributed by atoms with Gasteiger partial charge in [-0.15, -0.1) is 0 Å². The van der Waals surface area contributed by atoms with Gasteiger partial charge in [0.25, 0.3) is 0 Å². The molecule has 108 valence electrons. The molecule has 2 aromatic carbocycles. The minimum atomic E-state index is 0.157. The number of fused-ring (bicyclic) bond motifs is 1. The Kier molecular flexibility index (Phi) is 3.80. The molecule has 0 saturated carbocycles. The van der Waals surface area contributed by atoms with E-state index in [1.54, 1.807) is 6.26 Å². The van der Waals surface area contributed by atoms with Crippen LogP contribution in [0.25, 0.3) is 10.8 Å². The van der Waals surface area contributed by atoms with Gasteiger partial charge in [0.15, 0.2) is 0 Å². The molecule has 0 aliphatic carbocycles. The van der Waals surface area contributed by atoms with Crippen molar-refractivity contribution in [1.29, 1.82) is 0 Å². The zero-order chi connectivity index (χ0) is 14.8. The topological polar surface area (TPSA) is 25.2 Å². The summed E-state index contributed by atoms with van der Waals surface area (Å²) in [4.78, 5) is 0. The van der Waals surface area contributed by atoms with Gasteiger partial charge in [0.05, 0.1) is 12.3 Å². The Morgan fingerprint density at radius 3 is 2.48 bits per heavy atom. The third-order valence-electron chi connectivity index (χ3n) is 4.19. The first-order valence-corrected chi connectivity index (χ1v) is 7.48. The van der Waals surface area contributed by atoms with Crippen molar-refractivity contribution < 1.29 is 4.42 Å². The van der Waals surface area contributed by atoms with Crippen molar-refractivity contribution in [1.82, 2.24) is 5.32 Å². The van der Waals surface area contributed by atoms with Gasteiger partial charge in [-0.3, -0.25) is 0 Å². The molecule has 2 heteroatoms. The number of rotatable bonds is 4. The molecule has 1 unspecified atom stereocenters. The average molecular weight is 279 g/mol. The van der Waals surface area contributed by atoms with Crippen molar-refractivity contribution in [3.8, 4) is 0 Å². The Morgan fingerprint density at radius 1 is 1.00 bits per heavy atom. The van der Waals surface area contributed by atoms with Crippen LogP contribution in [0, 0.1) is 6.92 Å². The first-order valence-electron chi connectivity index (χ1n) is 7.48. The van der Waals surface area contributed by atoms with E-state index >= 15 is 0 Å². The molecule has 0 fully saturated rings. The second kappa shape index (κ2) is 5.74. The zero-order valence-corrected chi connectivity index (χ0v) is 12.8. The standard InChI is InChI=1S/C19H21NO/c1-4-18-17(11-12-21-18)19(20-3)16-10-9-13(2)14-7-5-6-8-15(14)16/h5-12,19-20H,4H2,1-3H3. The minimum absolute atomic E-state index is 0.157. The average Bonchev–Trinajstić information content (AvgIpc) is 2.99. The molecule has 2 nitrogen and oxygen atoms in total. The van der Waals surface area contributed by atoms with Crippen LogP contribution in [0.5, 0.6) is 0 Å². The fraction of sp³-hybridized carbons (Fsp3) is 0.263. The van der Waals surface area contributed by atoms with Crippen LogP contribution in [-0.2, 0) is 6.42 Å². The summed E-state index contributed by atoms with van der Waals surface area (Å²) >= 11 is 0. The fourth-order valence-corrected chi connectivity index (χ4v) is 3.10. The summed E-state index contributed by atoms with van der Waals surface area (Å²) in [5, 5.41) is 6.07. The fourth-order valence-electron chi connectivity index (χ4n) is 3.10. The predicted octanol–water partition coefficient (Wildman–Crippen LogP) is 4.61. The van der Waals surface area contributed by atoms with Crippen LogP contribution >= 0.6 is 0 Å². The maximum absolute atomic E-state index is 5.61. The second-order valence-electron chi connectivity index (χ2n) is 5.39. The van der Waals surface area contributed by atoms with Crippen molar-refractivity contribution in [2.45, 2.75) is 26.3 Å². The van der Waals surface area contributed by atoms with Gasteiger partial charge in [0, 0.05) is 12.0 Å². The number of aryl methyl sites for hydroxylation is 2. The van der Waals surface area contributed by atoms with Crippen molar-refractivity contribution in [3.05, 3.63) is 71.2 Å². The first-order chi connectivity index (χ1) is 10.3. The smallest absolute Gasteiger partial charge is 0.108 e. The van der Waals surface area contributed by atoms with Gasteiger partial charge >= 0.3 is 0 Å². The molecule has 0 aliphatic rings. The summed E-state index contributed by atoms with van der Waals surface area (Å²) < 4.78 is 5.61. The quantitative estimate of drug-likeness (QED) is 0.754. The number of hydrogen-bond acceptors (Lipinski definition) is 2. The lowest BCUT2D eigenvalue weighted by molar-refractivity contribution is 0.505. The van der Waals surface area contributed by atoms with E-state index in [1.807, 2.05) is 7.05 Å². The molecule has 0 radical (unpaired) electrons. The lowest BCUT2D eigenvalue weighted by Crippen LogP contribution is -2.18. The molecule has 1 heterocycles. The third kappa shape index (κ3) is 2.36. The van der Waals surface area contributed by atoms with Crippen LogP contribution in [0.2, 0.25) is 0 Å². The SMILES string of the molecule is CCc1occc1C(NC)c1ccc(C)c2ccccc12. The number of hydrogen-bond donors (Lipinski definition) is 1. The van der Waals surface area contributed by atoms with Gasteiger partial charge in [0.2, 0.25) is 0 Å². The molecule has 0 bridgehead atoms. The van der Waals surface area contributed by atoms with E-state index < -0.39 is 0 Å². The van der Waals surface area contributed by atoms with E-state index in [4.69, 9.17) is 4.42 Å². The van der Waals surface area contributed by atoms with Gasteiger partial charge in [0.1, 0.15) is 5.76 Å². The highest BCUT2D eigenvalue weighted by Crippen LogP contribution is 2.32. The molecule has 1 atom stereocenters. The molecule has 0 amide bonds. The molecule has 0 aliphatic heterocycles. The van der Waals surface area contributed by atoms with Crippen LogP contribution < -0.4 is 5.32 Å². The van der Waals surface area contributed by atoms with E-state index in [9.17, 15) is 0 Å². The second-order valence-corrected chi connectivity index (χ2v) is 5.39. The largest absolute Gasteiger partial charge is 0.469 e. The normalized spacial score (nSPS) is 12.7. The molecule has 0 spiro atoms. The lowest BCUT2D eigenvalue weighted by atomic mass is 9.92. The van der Waals surface area contributed by atoms with E-state index in [2.05, 4.69) is 61.6 Å². The molecular formula is C19H21NO. The first kappa shape index (κ1) is 13.9. The maximum atomic E-state index is 5.61. The molecular weight excluding hydrogens is 258 g/mol. The highest BCUT2D eigenvalue weighted by atomic mass is 16.3. The molecule has 0 saturated heterocycles. The van der Waals surface area contributed by atoms with E-state index in [-0.39, 0.29) is 6.04 Å². The Bertz CT molecular complexity index is 757. The Morgan fingerprint density at radius 2 is 1.76 bits per heavy atom. The Labute approximate surface area is 125 Å². The van der Waals surface area contributed by atoms with Crippen molar-refractivity contribution in [2.75, 3.05) is 7.05 Å². The van der Waals surface area contributed by atoms with Crippen LogP contribution in [0.1, 0.15) is 35.4 Å². The van der Waals surface area contributed by atoms with Gasteiger partial charge in [-0.25, -0.2) is 0 Å². The van der Waals surface area contributed by atoms with Crippen molar-refractivity contribution in [2.24, 2.45) is 0 Å². The molecule has 1 N–H and O–H groups in total. The van der Waals surface area contributed by atoms with E-state index in [0.717, 1.165) is 12.2 Å². The predicted molar refractivity (Wildman–Crippen MR) is 87.7 cm³/mol. The molecule has 21 heavy (non-hydrogen) atoms. The van der Waals surface area contributed by atoms with E-state index in [0.29, 0.717) is 0 Å². The van der Waals surface area contributed by atoms with Crippen molar-refractivity contribution >= 4 is 10.8 Å². The zero-order valence-electron chi connectivity index (χ0n) is 12.8. The molecule has 3 rings (SSSR count). The summed E-state index contributed by atoms with van der Waals surface area (Å²) in [6.07, 6.45) is 2.69. The number of nitrogens with one attached hydrogen (secondary N) is 1. The van der Waals surface area contributed by atoms with Crippen LogP contribution in [0.4, 0.5) is 0 Å². The molecule has 1 aromatic heterocycles. The van der Waals surface area contributed by atoms with Gasteiger partial charge in [-0.05, 0) is 41.9 Å². The van der Waals surface area contributed by atoms with Crippen LogP contribution in [0.15, 0.2) is 53.1 Å². The highest BCUT2D eigenvalue weighted by Gasteiger charge is 2.19. The monoisotopic (exact) mass is 279 g/mol. The summed E-state index contributed by atoms with van der Waals surface area (Å²) in [6.45, 7) is 4.29. The summed E-state index contributed by atoms with van der Waals surface area (Å²) in [6, 6.07) is 15.3. The maximum Gasteiger partial charge on any atom is 0.108 e. The number of benzene rings is 2. The molecule has 3 aromatic rings. The van der Waals surface area contributed by atoms with Gasteiger partial charge < -0.3 is 9.73 Å². The van der Waals surface area contributed by atoms with Crippen LogP contribution in [-0.4, -0.2) is 7.05 Å². The summed E-state index contributed by atoms with van der Waals surface area (Å²) in [5.74, 6) is 1.05. The van der Waals surface area contributed by atoms with E-state index in [1.165, 1.54) is 27.5 Å². The van der Waals surface area contributed by atoms with Crippen LogP contribution in [0.3, 0.4) is 0 Å². The summed E-state index contributed by atoms with van der Waals surface area (Å²) in [7, 11) is 2.01. The number of furan rings is 1. The Balaban J connectivity index is 2.20. The third-order valence-corrected chi connectivity index (χ3v) is 4.19. The van der Waals surface area contributed by atoms with Gasteiger partial charge in [-0.2, -0.15) is 0 Å². The van der Waals surface area contributed by atoms with Crippen molar-refractivity contribution in [3.63, 3.8) is 0 Å². The summed E-state index contributed by atoms with van der Waals surface area (Å²) in [5.41, 5.74) is 3.84.